The van der Waals surface area contributed by atoms with Gasteiger partial charge in [0.2, 0.25) is 0 Å². The molecule has 0 spiro atoms. The molecule has 0 radical (unpaired) electrons. The molecule has 29 heavy (non-hydrogen) atoms. The summed E-state index contributed by atoms with van der Waals surface area (Å²) < 4.78 is 5.35. The summed E-state index contributed by atoms with van der Waals surface area (Å²) in [5.41, 5.74) is -1.22. The minimum absolute atomic E-state index is 0.170. The number of nitrogens with zero attached hydrogens (tertiary/aromatic N) is 1. The lowest BCUT2D eigenvalue weighted by Gasteiger charge is -2.31. The average molecular weight is 389 g/mol. The van der Waals surface area contributed by atoms with Crippen LogP contribution in [-0.2, 0) is 31.1 Å². The Kier molecular flexibility index (Phi) is 4.69. The van der Waals surface area contributed by atoms with Gasteiger partial charge in [0.05, 0.1) is 23.9 Å². The van der Waals surface area contributed by atoms with E-state index in [0.29, 0.717) is 12.0 Å². The lowest BCUT2D eigenvalue weighted by Crippen LogP contribution is -2.46. The van der Waals surface area contributed by atoms with Crippen molar-refractivity contribution in [1.82, 2.24) is 0 Å². The summed E-state index contributed by atoms with van der Waals surface area (Å²) in [6.45, 7) is 3.58. The number of benzene rings is 2. The van der Waals surface area contributed by atoms with Crippen molar-refractivity contribution < 1.29 is 19.1 Å². The standard InChI is InChI=1S/C24H23NO4/c1-3-29-22(28)24(17-12-8-5-9-13-17)19-18(15-25-24)20(26)23(2,21(19)27)14-16-10-6-4-7-11-16/h4-13,15,18-19H,3,14H2,1-2H3/t18-,19+,23+,24+/m1/s1. The van der Waals surface area contributed by atoms with Crippen LogP contribution in [0.15, 0.2) is 65.7 Å². The molecule has 0 unspecified atom stereocenters. The van der Waals surface area contributed by atoms with Gasteiger partial charge in [0, 0.05) is 6.21 Å². The first-order chi connectivity index (χ1) is 13.9. The van der Waals surface area contributed by atoms with Gasteiger partial charge in [-0.15, -0.1) is 0 Å². The summed E-state index contributed by atoms with van der Waals surface area (Å²) in [5.74, 6) is -2.61. The Balaban J connectivity index is 1.81. The Hall–Kier alpha value is -3.08. The van der Waals surface area contributed by atoms with Crippen molar-refractivity contribution in [3.63, 3.8) is 0 Å². The molecule has 1 saturated carbocycles. The molecule has 2 aliphatic rings. The summed E-state index contributed by atoms with van der Waals surface area (Å²) in [5, 5.41) is 0. The predicted molar refractivity (Wildman–Crippen MR) is 108 cm³/mol. The molecular weight excluding hydrogens is 366 g/mol. The molecule has 148 valence electrons. The number of fused-ring (bicyclic) bond motifs is 1. The molecule has 1 aliphatic carbocycles. The van der Waals surface area contributed by atoms with Crippen molar-refractivity contribution >= 4 is 23.8 Å². The van der Waals surface area contributed by atoms with E-state index in [4.69, 9.17) is 4.74 Å². The molecule has 0 bridgehead atoms. The Morgan fingerprint density at radius 1 is 1.00 bits per heavy atom. The van der Waals surface area contributed by atoms with Crippen molar-refractivity contribution in [2.45, 2.75) is 25.8 Å². The number of ketones is 2. The van der Waals surface area contributed by atoms with Crippen molar-refractivity contribution in [2.24, 2.45) is 22.2 Å². The third-order valence-corrected chi connectivity index (χ3v) is 6.12. The summed E-state index contributed by atoms with van der Waals surface area (Å²) in [6, 6.07) is 18.4. The fourth-order valence-corrected chi connectivity index (χ4v) is 4.69. The first kappa shape index (κ1) is 19.2. The van der Waals surface area contributed by atoms with E-state index in [2.05, 4.69) is 4.99 Å². The molecule has 2 aromatic carbocycles. The van der Waals surface area contributed by atoms with Gasteiger partial charge in [-0.25, -0.2) is 4.79 Å². The zero-order valence-corrected chi connectivity index (χ0v) is 16.5. The fraction of sp³-hybridized carbons (Fsp3) is 0.333. The number of carbonyl (C=O) groups excluding carboxylic acids is 3. The lowest BCUT2D eigenvalue weighted by molar-refractivity contribution is -0.154. The second-order valence-corrected chi connectivity index (χ2v) is 7.86. The van der Waals surface area contributed by atoms with Crippen LogP contribution < -0.4 is 0 Å². The molecule has 0 saturated heterocycles. The van der Waals surface area contributed by atoms with Gasteiger partial charge in [-0.05, 0) is 31.4 Å². The van der Waals surface area contributed by atoms with E-state index < -0.39 is 28.8 Å². The number of hydrogen-bond acceptors (Lipinski definition) is 5. The van der Waals surface area contributed by atoms with Crippen LogP contribution in [0.1, 0.15) is 25.0 Å². The van der Waals surface area contributed by atoms with Gasteiger partial charge in [-0.2, -0.15) is 0 Å². The maximum atomic E-state index is 13.7. The molecule has 0 amide bonds. The number of hydrogen-bond donors (Lipinski definition) is 0. The number of rotatable bonds is 5. The number of carbonyl (C=O) groups is 3. The van der Waals surface area contributed by atoms with E-state index in [0.717, 1.165) is 5.56 Å². The van der Waals surface area contributed by atoms with E-state index in [9.17, 15) is 14.4 Å². The van der Waals surface area contributed by atoms with E-state index in [1.807, 2.05) is 36.4 Å². The Labute approximate surface area is 169 Å². The van der Waals surface area contributed by atoms with Gasteiger partial charge >= 0.3 is 5.97 Å². The Morgan fingerprint density at radius 3 is 2.24 bits per heavy atom. The maximum Gasteiger partial charge on any atom is 0.339 e. The molecule has 1 aliphatic heterocycles. The van der Waals surface area contributed by atoms with E-state index in [1.165, 1.54) is 6.21 Å². The summed E-state index contributed by atoms with van der Waals surface area (Å²) in [6.07, 6.45) is 1.80. The highest BCUT2D eigenvalue weighted by molar-refractivity contribution is 6.23. The highest BCUT2D eigenvalue weighted by Gasteiger charge is 2.68. The second kappa shape index (κ2) is 7.07. The Morgan fingerprint density at radius 2 is 1.62 bits per heavy atom. The molecule has 1 fully saturated rings. The molecule has 0 aromatic heterocycles. The Bertz CT molecular complexity index is 984. The third kappa shape index (κ3) is 2.76. The van der Waals surface area contributed by atoms with Crippen LogP contribution in [0.25, 0.3) is 0 Å². The van der Waals surface area contributed by atoms with Gasteiger partial charge in [0.25, 0.3) is 0 Å². The van der Waals surface area contributed by atoms with Crippen LogP contribution >= 0.6 is 0 Å². The molecule has 4 atom stereocenters. The largest absolute Gasteiger partial charge is 0.464 e. The highest BCUT2D eigenvalue weighted by Crippen LogP contribution is 2.53. The lowest BCUT2D eigenvalue weighted by atomic mass is 9.73. The van der Waals surface area contributed by atoms with Crippen LogP contribution in [0, 0.1) is 17.3 Å². The molecule has 2 aromatic rings. The van der Waals surface area contributed by atoms with Crippen LogP contribution in [0.3, 0.4) is 0 Å². The number of esters is 1. The molecule has 0 N–H and O–H groups in total. The van der Waals surface area contributed by atoms with Gasteiger partial charge in [-0.3, -0.25) is 14.6 Å². The van der Waals surface area contributed by atoms with E-state index in [1.54, 1.807) is 38.1 Å². The minimum Gasteiger partial charge on any atom is -0.464 e. The molecule has 5 nitrogen and oxygen atoms in total. The molecule has 1 heterocycles. The smallest absolute Gasteiger partial charge is 0.339 e. The first-order valence-corrected chi connectivity index (χ1v) is 9.86. The SMILES string of the molecule is CCOC(=O)[C@@]1(c2ccccc2)N=C[C@H]2C(=O)[C@](C)(Cc3ccccc3)C(=O)[C@H]21. The number of aliphatic imine (C=N–C) groups is 1. The first-order valence-electron chi connectivity index (χ1n) is 9.86. The maximum absolute atomic E-state index is 13.7. The van der Waals surface area contributed by atoms with Crippen LogP contribution in [0.2, 0.25) is 0 Å². The summed E-state index contributed by atoms with van der Waals surface area (Å²) >= 11 is 0. The quantitative estimate of drug-likeness (QED) is 0.582. The average Bonchev–Trinajstić information content (AvgIpc) is 3.22. The van der Waals surface area contributed by atoms with Crippen molar-refractivity contribution in [1.29, 1.82) is 0 Å². The minimum atomic E-state index is -1.51. The molecular formula is C24H23NO4. The zero-order valence-electron chi connectivity index (χ0n) is 16.5. The van der Waals surface area contributed by atoms with Crippen molar-refractivity contribution in [3.05, 3.63) is 71.8 Å². The van der Waals surface area contributed by atoms with Gasteiger partial charge in [-0.1, -0.05) is 60.7 Å². The zero-order chi connectivity index (χ0) is 20.6. The van der Waals surface area contributed by atoms with Crippen molar-refractivity contribution in [3.8, 4) is 0 Å². The summed E-state index contributed by atoms with van der Waals surface area (Å²) in [7, 11) is 0. The second-order valence-electron chi connectivity index (χ2n) is 7.86. The highest BCUT2D eigenvalue weighted by atomic mass is 16.5. The van der Waals surface area contributed by atoms with Crippen LogP contribution in [0.5, 0.6) is 0 Å². The summed E-state index contributed by atoms with van der Waals surface area (Å²) in [4.78, 5) is 44.7. The van der Waals surface area contributed by atoms with Gasteiger partial charge < -0.3 is 4.74 Å². The van der Waals surface area contributed by atoms with E-state index in [-0.39, 0.29) is 18.2 Å². The van der Waals surface area contributed by atoms with Crippen molar-refractivity contribution in [2.75, 3.05) is 6.61 Å². The molecule has 4 rings (SSSR count). The van der Waals surface area contributed by atoms with Crippen LogP contribution in [-0.4, -0.2) is 30.4 Å². The topological polar surface area (TPSA) is 72.8 Å². The normalized spacial score (nSPS) is 30.4. The van der Waals surface area contributed by atoms with Crippen LogP contribution in [0.4, 0.5) is 0 Å². The fourth-order valence-electron chi connectivity index (χ4n) is 4.69. The number of Topliss-reactive ketones (excluding diaryl/α,β-unsaturated/α-hetero) is 2. The monoisotopic (exact) mass is 389 g/mol. The molecule has 5 heteroatoms. The van der Waals surface area contributed by atoms with Gasteiger partial charge in [0.15, 0.2) is 17.1 Å². The van der Waals surface area contributed by atoms with E-state index >= 15 is 0 Å². The third-order valence-electron chi connectivity index (χ3n) is 6.12. The number of ether oxygens (including phenoxy) is 1. The van der Waals surface area contributed by atoms with Gasteiger partial charge in [0.1, 0.15) is 0 Å². The predicted octanol–water partition coefficient (Wildman–Crippen LogP) is 3.16.